The normalized spacial score (nSPS) is 15.3. The van der Waals surface area contributed by atoms with Crippen LogP contribution < -0.4 is 14.5 Å². The second kappa shape index (κ2) is 14.0. The Morgan fingerprint density at radius 3 is 1.69 bits per heavy atom. The minimum atomic E-state index is -1.02. The van der Waals surface area contributed by atoms with Crippen molar-refractivity contribution in [3.63, 3.8) is 0 Å². The molecule has 332 valence electrons. The number of hydrogen-bond donors (Lipinski definition) is 0. The minimum Gasteiger partial charge on any atom is -0.452 e. The number of benzene rings is 4. The van der Waals surface area contributed by atoms with Crippen molar-refractivity contribution in [3.05, 3.63) is 147 Å². The van der Waals surface area contributed by atoms with Gasteiger partial charge in [0.2, 0.25) is 5.95 Å². The summed E-state index contributed by atoms with van der Waals surface area (Å²) in [7, 11) is 2.15. The lowest BCUT2D eigenvalue weighted by atomic mass is 9.59. The summed E-state index contributed by atoms with van der Waals surface area (Å²) in [6, 6.07) is 28.1. The zero-order chi connectivity index (χ0) is 46.4. The Labute approximate surface area is 379 Å². The Bertz CT molecular complexity index is 2830. The van der Waals surface area contributed by atoms with Crippen molar-refractivity contribution in [2.75, 3.05) is 23.5 Å². The van der Waals surface area contributed by atoms with Gasteiger partial charge in [-0.3, -0.25) is 4.98 Å². The van der Waals surface area contributed by atoms with Gasteiger partial charge in [0.25, 0.3) is 5.95 Å². The highest BCUT2D eigenvalue weighted by atomic mass is 19.1. The van der Waals surface area contributed by atoms with Gasteiger partial charge >= 0.3 is 0 Å². The Hall–Kier alpha value is -5.56. The molecule has 0 radical (unpaired) electrons. The molecule has 3 aliphatic rings. The fraction of sp³-hybridized carbons (Fsp3) is 0.404. The highest BCUT2D eigenvalue weighted by Gasteiger charge is 2.57. The van der Waals surface area contributed by atoms with Gasteiger partial charge in [-0.05, 0) is 119 Å². The van der Waals surface area contributed by atoms with Crippen molar-refractivity contribution < 1.29 is 13.5 Å². The zero-order valence-corrected chi connectivity index (χ0v) is 40.7. The van der Waals surface area contributed by atoms with Crippen LogP contribution in [-0.4, -0.2) is 23.7 Å². The Morgan fingerprint density at radius 1 is 0.562 bits per heavy atom. The molecule has 0 amide bonds. The number of para-hydroxylation sites is 1. The SMILES string of the molecule is CN1CN2c3cc(Oc4cc(-c5cc(C(C)(C)C)ccn5)c(F)nc4F)ccc3C3(c4cccc1c42)c1c(cc(C(C)(C)C)cc1C(C)(C)C)-c1cc(C(C)(C)C)cc(C(C)(C)C)c13. The second-order valence-corrected chi connectivity index (χ2v) is 23.7. The van der Waals surface area contributed by atoms with E-state index in [-0.39, 0.29) is 38.4 Å². The Morgan fingerprint density at radius 2 is 1.14 bits per heavy atom. The van der Waals surface area contributed by atoms with Crippen molar-refractivity contribution in [1.82, 2.24) is 9.97 Å². The highest BCUT2D eigenvalue weighted by molar-refractivity contribution is 6.00. The summed E-state index contributed by atoms with van der Waals surface area (Å²) in [6.45, 7) is 34.9. The predicted molar refractivity (Wildman–Crippen MR) is 260 cm³/mol. The number of nitrogens with zero attached hydrogens (tertiary/aromatic N) is 4. The van der Waals surface area contributed by atoms with Crippen LogP contribution >= 0.6 is 0 Å². The largest absolute Gasteiger partial charge is 0.452 e. The van der Waals surface area contributed by atoms with Crippen LogP contribution in [0.5, 0.6) is 11.5 Å². The molecule has 1 spiro atoms. The van der Waals surface area contributed by atoms with Crippen molar-refractivity contribution >= 4 is 17.1 Å². The van der Waals surface area contributed by atoms with E-state index in [9.17, 15) is 0 Å². The summed E-state index contributed by atoms with van der Waals surface area (Å²) >= 11 is 0. The Balaban J connectivity index is 1.37. The molecule has 1 aliphatic carbocycles. The summed E-state index contributed by atoms with van der Waals surface area (Å²) in [4.78, 5) is 12.9. The zero-order valence-electron chi connectivity index (χ0n) is 40.7. The molecule has 0 unspecified atom stereocenters. The lowest BCUT2D eigenvalue weighted by Crippen LogP contribution is -2.40. The van der Waals surface area contributed by atoms with Gasteiger partial charge in [-0.1, -0.05) is 146 Å². The van der Waals surface area contributed by atoms with Gasteiger partial charge in [0.15, 0.2) is 5.75 Å². The molecule has 4 aromatic carbocycles. The van der Waals surface area contributed by atoms with E-state index in [2.05, 4.69) is 185 Å². The first-order chi connectivity index (χ1) is 29.6. The van der Waals surface area contributed by atoms with Gasteiger partial charge in [0.05, 0.1) is 40.4 Å². The van der Waals surface area contributed by atoms with Crippen LogP contribution in [0, 0.1) is 11.9 Å². The summed E-state index contributed by atoms with van der Waals surface area (Å²) in [6.07, 6.45) is 1.65. The van der Waals surface area contributed by atoms with Gasteiger partial charge < -0.3 is 14.5 Å². The smallest absolute Gasteiger partial charge is 0.258 e. The molecule has 0 bridgehead atoms. The first kappa shape index (κ1) is 43.7. The average Bonchev–Trinajstić information content (AvgIpc) is 3.68. The molecule has 6 aromatic rings. The first-order valence-electron chi connectivity index (χ1n) is 22.8. The van der Waals surface area contributed by atoms with Crippen LogP contribution in [0.4, 0.5) is 25.8 Å². The van der Waals surface area contributed by atoms with Gasteiger partial charge in [-0.25, -0.2) is 0 Å². The number of anilines is 3. The van der Waals surface area contributed by atoms with Crippen LogP contribution in [0.1, 0.15) is 154 Å². The van der Waals surface area contributed by atoms with E-state index >= 15 is 8.78 Å². The maximum Gasteiger partial charge on any atom is 0.258 e. The molecule has 0 fully saturated rings. The molecule has 5 nitrogen and oxygen atoms in total. The van der Waals surface area contributed by atoms with Gasteiger partial charge in [-0.2, -0.15) is 13.8 Å². The number of rotatable bonds is 3. The topological polar surface area (TPSA) is 41.5 Å². The third-order valence-corrected chi connectivity index (χ3v) is 13.8. The fourth-order valence-electron chi connectivity index (χ4n) is 10.3. The van der Waals surface area contributed by atoms with E-state index in [1.165, 1.54) is 56.1 Å². The standard InChI is InChI=1S/C57H64F2N4O/c1-52(2,3)32-22-23-60-43(28-32)38-30-46(51(59)61-50(38)58)64-35-20-21-39-45(29-35)63-31-62(16)44-19-17-18-40(49(44)63)57(39)47-36(24-33(53(4,5)6)26-41(47)55(10,11)12)37-25-34(54(7,8)9)27-42(48(37)57)56(13,14)15/h17-30H,31H2,1-16H3. The van der Waals surface area contributed by atoms with Crippen LogP contribution in [0.15, 0.2) is 85.1 Å². The van der Waals surface area contributed by atoms with Crippen molar-refractivity contribution in [2.24, 2.45) is 0 Å². The lowest BCUT2D eigenvalue weighted by molar-refractivity contribution is 0.415. The van der Waals surface area contributed by atoms with Gasteiger partial charge in [-0.15, -0.1) is 0 Å². The third kappa shape index (κ3) is 6.66. The Kier molecular flexibility index (Phi) is 9.54. The van der Waals surface area contributed by atoms with Gasteiger partial charge in [0.1, 0.15) is 5.75 Å². The molecule has 64 heavy (non-hydrogen) atoms. The summed E-state index contributed by atoms with van der Waals surface area (Å²) in [5.74, 6) is -1.71. The van der Waals surface area contributed by atoms with E-state index in [1.54, 1.807) is 6.20 Å². The van der Waals surface area contributed by atoms with Crippen LogP contribution in [0.3, 0.4) is 0 Å². The molecular weight excluding hydrogens is 795 g/mol. The van der Waals surface area contributed by atoms with E-state index in [4.69, 9.17) is 4.74 Å². The van der Waals surface area contributed by atoms with Crippen LogP contribution in [0.25, 0.3) is 22.4 Å². The quantitative estimate of drug-likeness (QED) is 0.166. The molecule has 0 saturated carbocycles. The van der Waals surface area contributed by atoms with Crippen LogP contribution in [0.2, 0.25) is 0 Å². The molecular formula is C57H64F2N4O. The molecule has 9 rings (SSSR count). The van der Waals surface area contributed by atoms with E-state index in [1.807, 2.05) is 18.2 Å². The maximum absolute atomic E-state index is 15.8. The number of hydrogen-bond acceptors (Lipinski definition) is 5. The van der Waals surface area contributed by atoms with E-state index < -0.39 is 17.3 Å². The molecule has 0 atom stereocenters. The summed E-state index contributed by atoms with van der Waals surface area (Å²) in [5, 5.41) is 0. The lowest BCUT2D eigenvalue weighted by Gasteiger charge is -2.46. The average molecular weight is 859 g/mol. The molecule has 2 aliphatic heterocycles. The minimum absolute atomic E-state index is 0.0759. The van der Waals surface area contributed by atoms with Crippen LogP contribution in [-0.2, 0) is 32.5 Å². The summed E-state index contributed by atoms with van der Waals surface area (Å²) in [5.41, 5.74) is 16.0. The molecule has 0 N–H and O–H groups in total. The number of ether oxygens (including phenoxy) is 1. The van der Waals surface area contributed by atoms with Crippen molar-refractivity contribution in [3.8, 4) is 33.9 Å². The van der Waals surface area contributed by atoms with Gasteiger partial charge in [0, 0.05) is 19.3 Å². The van der Waals surface area contributed by atoms with E-state index in [0.29, 0.717) is 18.1 Å². The number of halogens is 2. The molecule has 4 heterocycles. The van der Waals surface area contributed by atoms with E-state index in [0.717, 1.165) is 28.2 Å². The maximum atomic E-state index is 15.8. The number of fused-ring (bicyclic) bond motifs is 9. The van der Waals surface area contributed by atoms with Crippen molar-refractivity contribution in [2.45, 2.75) is 136 Å². The number of aromatic nitrogens is 2. The first-order valence-corrected chi connectivity index (χ1v) is 22.8. The highest BCUT2D eigenvalue weighted by Crippen LogP contribution is 2.68. The second-order valence-electron chi connectivity index (χ2n) is 23.7. The fourth-order valence-corrected chi connectivity index (χ4v) is 10.3. The molecule has 0 saturated heterocycles. The number of pyridine rings is 2. The predicted octanol–water partition coefficient (Wildman–Crippen LogP) is 14.9. The molecule has 7 heteroatoms. The summed E-state index contributed by atoms with van der Waals surface area (Å²) < 4.78 is 37.9. The monoisotopic (exact) mass is 859 g/mol. The third-order valence-electron chi connectivity index (χ3n) is 13.8. The molecule has 2 aromatic heterocycles. The van der Waals surface area contributed by atoms with Crippen molar-refractivity contribution in [1.29, 1.82) is 0 Å².